The van der Waals surface area contributed by atoms with Crippen molar-refractivity contribution in [3.8, 4) is 10.6 Å². The lowest BCUT2D eigenvalue weighted by atomic mass is 10.1. The predicted molar refractivity (Wildman–Crippen MR) is 105 cm³/mol. The highest BCUT2D eigenvalue weighted by atomic mass is 32.2. The highest BCUT2D eigenvalue weighted by Crippen LogP contribution is 2.27. The second-order valence-corrected chi connectivity index (χ2v) is 7.97. The Morgan fingerprint density at radius 1 is 1.25 bits per heavy atom. The summed E-state index contributed by atoms with van der Waals surface area (Å²) in [5, 5.41) is 10.3. The van der Waals surface area contributed by atoms with Crippen LogP contribution >= 0.6 is 34.4 Å². The van der Waals surface area contributed by atoms with Gasteiger partial charge in [0.1, 0.15) is 5.01 Å². The maximum absolute atomic E-state index is 12.1. The molecule has 0 saturated carbocycles. The van der Waals surface area contributed by atoms with Crippen molar-refractivity contribution in [3.63, 3.8) is 0 Å². The van der Waals surface area contributed by atoms with Gasteiger partial charge >= 0.3 is 0 Å². The van der Waals surface area contributed by atoms with Gasteiger partial charge in [0.15, 0.2) is 0 Å². The number of thiazole rings is 1. The van der Waals surface area contributed by atoms with Gasteiger partial charge in [-0.1, -0.05) is 30.3 Å². The van der Waals surface area contributed by atoms with Gasteiger partial charge in [-0.25, -0.2) is 4.98 Å². The van der Waals surface area contributed by atoms with Crippen molar-refractivity contribution < 1.29 is 4.79 Å². The van der Waals surface area contributed by atoms with Gasteiger partial charge in [-0.15, -0.1) is 23.1 Å². The molecule has 0 spiro atoms. The second kappa shape index (κ2) is 8.46. The lowest BCUT2D eigenvalue weighted by molar-refractivity contribution is -0.119. The third-order valence-electron chi connectivity index (χ3n) is 3.48. The number of carbonyl (C=O) groups excluding carboxylic acids is 1. The van der Waals surface area contributed by atoms with Crippen LogP contribution in [-0.2, 0) is 10.5 Å². The smallest absolute Gasteiger partial charge is 0.230 e. The Morgan fingerprint density at radius 2 is 2.08 bits per heavy atom. The topological polar surface area (TPSA) is 42.0 Å². The third-order valence-corrected chi connectivity index (χ3v) is 6.07. The van der Waals surface area contributed by atoms with Gasteiger partial charge in [-0.2, -0.15) is 11.3 Å². The molecule has 0 aliphatic carbocycles. The molecule has 1 atom stereocenters. The van der Waals surface area contributed by atoms with Crippen molar-refractivity contribution in [2.45, 2.75) is 18.7 Å². The molecule has 0 saturated heterocycles. The van der Waals surface area contributed by atoms with E-state index in [0.717, 1.165) is 22.0 Å². The van der Waals surface area contributed by atoms with Crippen LogP contribution in [0, 0.1) is 0 Å². The van der Waals surface area contributed by atoms with E-state index in [1.165, 1.54) is 5.56 Å². The van der Waals surface area contributed by atoms with E-state index < -0.39 is 0 Å². The molecule has 3 nitrogen and oxygen atoms in total. The summed E-state index contributed by atoms with van der Waals surface area (Å²) in [4.78, 5) is 16.7. The van der Waals surface area contributed by atoms with Crippen LogP contribution in [0.2, 0.25) is 0 Å². The van der Waals surface area contributed by atoms with Crippen LogP contribution in [0.5, 0.6) is 0 Å². The number of nitrogens with zero attached hydrogens (tertiary/aromatic N) is 1. The molecule has 0 fully saturated rings. The van der Waals surface area contributed by atoms with Crippen LogP contribution in [-0.4, -0.2) is 16.6 Å². The number of thiophene rings is 1. The van der Waals surface area contributed by atoms with E-state index in [2.05, 4.69) is 32.5 Å². The van der Waals surface area contributed by atoms with Crippen LogP contribution in [0.15, 0.2) is 52.5 Å². The predicted octanol–water partition coefficient (Wildman–Crippen LogP) is 4.98. The summed E-state index contributed by atoms with van der Waals surface area (Å²) in [7, 11) is 0. The van der Waals surface area contributed by atoms with Crippen molar-refractivity contribution >= 4 is 40.3 Å². The van der Waals surface area contributed by atoms with Gasteiger partial charge < -0.3 is 5.32 Å². The van der Waals surface area contributed by atoms with E-state index in [1.807, 2.05) is 37.3 Å². The van der Waals surface area contributed by atoms with E-state index >= 15 is 0 Å². The Labute approximate surface area is 154 Å². The minimum Gasteiger partial charge on any atom is -0.349 e. The second-order valence-electron chi connectivity index (χ2n) is 5.35. The highest BCUT2D eigenvalue weighted by molar-refractivity contribution is 7.99. The Kier molecular flexibility index (Phi) is 6.07. The van der Waals surface area contributed by atoms with Gasteiger partial charge in [-0.3, -0.25) is 4.79 Å². The Morgan fingerprint density at radius 3 is 2.83 bits per heavy atom. The standard InChI is InChI=1S/C18H18N2OS3/c1-13(14-5-3-2-4-6-14)19-17(21)12-23-10-16-11-24-18(20-16)15-7-8-22-9-15/h2-9,11,13H,10,12H2,1H3,(H,19,21). The molecule has 2 aromatic heterocycles. The maximum Gasteiger partial charge on any atom is 0.230 e. The number of thioether (sulfide) groups is 1. The molecule has 0 aliphatic rings. The molecule has 1 N–H and O–H groups in total. The normalized spacial score (nSPS) is 12.0. The molecular weight excluding hydrogens is 356 g/mol. The zero-order valence-corrected chi connectivity index (χ0v) is 15.7. The molecule has 6 heteroatoms. The number of nitrogens with one attached hydrogen (secondary N) is 1. The van der Waals surface area contributed by atoms with Gasteiger partial charge in [-0.05, 0) is 23.9 Å². The first kappa shape index (κ1) is 17.2. The third kappa shape index (κ3) is 4.69. The molecule has 3 aromatic rings. The minimum atomic E-state index is 0.0313. The van der Waals surface area contributed by atoms with Crippen molar-refractivity contribution in [1.29, 1.82) is 0 Å². The van der Waals surface area contributed by atoms with Crippen molar-refractivity contribution in [1.82, 2.24) is 10.3 Å². The molecule has 3 rings (SSSR count). The summed E-state index contributed by atoms with van der Waals surface area (Å²) in [5.41, 5.74) is 3.33. The van der Waals surface area contributed by atoms with Crippen LogP contribution in [0.1, 0.15) is 24.2 Å². The van der Waals surface area contributed by atoms with Gasteiger partial charge in [0.2, 0.25) is 5.91 Å². The molecule has 2 heterocycles. The van der Waals surface area contributed by atoms with E-state index in [-0.39, 0.29) is 11.9 Å². The van der Waals surface area contributed by atoms with E-state index in [9.17, 15) is 4.79 Å². The molecule has 0 aliphatic heterocycles. The zero-order chi connectivity index (χ0) is 16.8. The fraction of sp³-hybridized carbons (Fsp3) is 0.222. The van der Waals surface area contributed by atoms with Crippen LogP contribution < -0.4 is 5.32 Å². The van der Waals surface area contributed by atoms with Crippen molar-refractivity contribution in [3.05, 3.63) is 63.8 Å². The first-order valence-electron chi connectivity index (χ1n) is 7.61. The van der Waals surface area contributed by atoms with Crippen LogP contribution in [0.3, 0.4) is 0 Å². The number of hydrogen-bond acceptors (Lipinski definition) is 5. The largest absolute Gasteiger partial charge is 0.349 e. The SMILES string of the molecule is CC(NC(=O)CSCc1csc(-c2ccsc2)n1)c1ccccc1. The monoisotopic (exact) mass is 374 g/mol. The summed E-state index contributed by atoms with van der Waals surface area (Å²) in [6, 6.07) is 12.1. The Bertz CT molecular complexity index is 769. The molecule has 0 bridgehead atoms. The molecule has 1 unspecified atom stereocenters. The fourth-order valence-corrected chi connectivity index (χ4v) is 4.61. The average Bonchev–Trinajstić information content (AvgIpc) is 3.27. The Balaban J connectivity index is 1.44. The number of aromatic nitrogens is 1. The van der Waals surface area contributed by atoms with Gasteiger partial charge in [0.05, 0.1) is 17.5 Å². The molecule has 1 aromatic carbocycles. The summed E-state index contributed by atoms with van der Waals surface area (Å²) in [6.45, 7) is 2.01. The average molecular weight is 375 g/mol. The van der Waals surface area contributed by atoms with Crippen LogP contribution in [0.25, 0.3) is 10.6 Å². The lowest BCUT2D eigenvalue weighted by Gasteiger charge is -2.13. The number of benzene rings is 1. The minimum absolute atomic E-state index is 0.0313. The molecule has 124 valence electrons. The lowest BCUT2D eigenvalue weighted by Crippen LogP contribution is -2.28. The molecule has 1 amide bonds. The molecule has 0 radical (unpaired) electrons. The first-order valence-corrected chi connectivity index (χ1v) is 10.6. The highest BCUT2D eigenvalue weighted by Gasteiger charge is 2.10. The van der Waals surface area contributed by atoms with Crippen molar-refractivity contribution in [2.75, 3.05) is 5.75 Å². The van der Waals surface area contributed by atoms with Gasteiger partial charge in [0, 0.05) is 22.1 Å². The van der Waals surface area contributed by atoms with E-state index in [0.29, 0.717) is 5.75 Å². The fourth-order valence-electron chi connectivity index (χ4n) is 2.25. The van der Waals surface area contributed by atoms with E-state index in [4.69, 9.17) is 0 Å². The number of amides is 1. The summed E-state index contributed by atoms with van der Waals surface area (Å²) >= 11 is 4.93. The zero-order valence-electron chi connectivity index (χ0n) is 13.3. The van der Waals surface area contributed by atoms with Crippen LogP contribution in [0.4, 0.5) is 0 Å². The van der Waals surface area contributed by atoms with Gasteiger partial charge in [0.25, 0.3) is 0 Å². The Hall–Kier alpha value is -1.63. The maximum atomic E-state index is 12.1. The quantitative estimate of drug-likeness (QED) is 0.634. The number of hydrogen-bond donors (Lipinski definition) is 1. The summed E-state index contributed by atoms with van der Waals surface area (Å²) in [5.74, 6) is 1.26. The number of carbonyl (C=O) groups is 1. The van der Waals surface area contributed by atoms with Crippen molar-refractivity contribution in [2.24, 2.45) is 0 Å². The van der Waals surface area contributed by atoms with E-state index in [1.54, 1.807) is 34.4 Å². The summed E-state index contributed by atoms with van der Waals surface area (Å²) < 4.78 is 0. The molecular formula is C18H18N2OS3. The molecule has 24 heavy (non-hydrogen) atoms. The number of rotatable bonds is 7. The first-order chi connectivity index (χ1) is 11.7. The summed E-state index contributed by atoms with van der Waals surface area (Å²) in [6.07, 6.45) is 0.